The minimum Gasteiger partial charge on any atom is -0.379 e. The first-order valence-corrected chi connectivity index (χ1v) is 23.9. The van der Waals surface area contributed by atoms with Gasteiger partial charge in [-0.15, -0.1) is 11.3 Å². The monoisotopic (exact) mass is 989 g/mol. The molecule has 2 atom stereocenters. The van der Waals surface area contributed by atoms with Crippen LogP contribution in [0.5, 0.6) is 0 Å². The second kappa shape index (κ2) is 26.5. The predicted molar refractivity (Wildman–Crippen MR) is 255 cm³/mol. The lowest BCUT2D eigenvalue weighted by atomic mass is 9.99. The molecule has 1 aromatic carbocycles. The van der Waals surface area contributed by atoms with Crippen molar-refractivity contribution in [3.8, 4) is 11.3 Å². The average molecular weight is 991 g/mol. The molecule has 5 N–H and O–H groups in total. The number of likely N-dealkylation sites (N-methyl/N-ethyl adjacent to an activating group) is 1. The molecular formula is C45H61Cl2N9O10S. The number of piperazine rings is 1. The van der Waals surface area contributed by atoms with Crippen LogP contribution in [0.3, 0.4) is 0 Å². The summed E-state index contributed by atoms with van der Waals surface area (Å²) in [5.74, 6) is -0.723. The molecule has 1 fully saturated rings. The van der Waals surface area contributed by atoms with E-state index in [0.717, 1.165) is 32.1 Å². The number of H-pyrrole nitrogens is 1. The summed E-state index contributed by atoms with van der Waals surface area (Å²) in [6.45, 7) is 6.60. The highest BCUT2D eigenvalue weighted by molar-refractivity contribution is 7.16. The highest BCUT2D eigenvalue weighted by atomic mass is 35.5. The number of fused-ring (bicyclic) bond motifs is 3. The van der Waals surface area contributed by atoms with Gasteiger partial charge in [0, 0.05) is 91.9 Å². The molecule has 4 aromatic rings. The molecule has 3 amide bonds. The van der Waals surface area contributed by atoms with E-state index in [0.29, 0.717) is 126 Å². The Morgan fingerprint density at radius 3 is 2.42 bits per heavy atom. The molecule has 3 aromatic heterocycles. The van der Waals surface area contributed by atoms with E-state index in [9.17, 15) is 29.4 Å². The first kappa shape index (κ1) is 52.1. The molecule has 2 aliphatic rings. The normalized spacial score (nSPS) is 15.5. The van der Waals surface area contributed by atoms with Gasteiger partial charge in [0.1, 0.15) is 12.5 Å². The molecule has 19 nitrogen and oxygen atoms in total. The van der Waals surface area contributed by atoms with Crippen LogP contribution in [-0.2, 0) is 64.1 Å². The van der Waals surface area contributed by atoms with E-state index >= 15 is 0 Å². The largest absolute Gasteiger partial charge is 0.379 e. The molecule has 2 unspecified atom stereocenters. The molecule has 67 heavy (non-hydrogen) atoms. The van der Waals surface area contributed by atoms with Gasteiger partial charge in [0.15, 0.2) is 0 Å². The van der Waals surface area contributed by atoms with E-state index < -0.39 is 18.4 Å². The van der Waals surface area contributed by atoms with Gasteiger partial charge >= 0.3 is 0 Å². The summed E-state index contributed by atoms with van der Waals surface area (Å²) in [7, 11) is 3.91. The summed E-state index contributed by atoms with van der Waals surface area (Å²) in [4.78, 5) is 59.9. The number of carbonyl (C=O) groups is 4. The molecule has 2 aliphatic heterocycles. The standard InChI is InChI=1S/C45H61Cl2N9O10S/c1-52(2)13-3-4-39(60)54-16-17-56(40(61)29-54)42-6-5-31(67-42)7-11-48-37(58)10-18-63-20-22-65-24-25-66-23-21-64-19-12-49-38(59)28-55-15-9-36(51-55)32-26-34(46)44(47)45-43(32)33-27-53(41(62)30-57)14-8-35(33)50-45/h3-6,9,15,26,30,38-39,49-50,59-60H,7-8,10-14,16-25,27-29H2,1-2H3,(H,48,58)/b4-3+. The maximum Gasteiger partial charge on any atom is 0.286 e. The summed E-state index contributed by atoms with van der Waals surface area (Å²) in [6.07, 6.45) is 5.44. The number of halogens is 2. The Morgan fingerprint density at radius 2 is 1.70 bits per heavy atom. The molecule has 0 saturated carbocycles. The predicted octanol–water partition coefficient (Wildman–Crippen LogP) is 2.29. The number of aliphatic hydroxyl groups excluding tert-OH is 2. The minimum atomic E-state index is -0.891. The number of aromatic amines is 1. The van der Waals surface area contributed by atoms with Gasteiger partial charge in [0.05, 0.1) is 92.2 Å². The van der Waals surface area contributed by atoms with Crippen molar-refractivity contribution in [2.45, 2.75) is 44.8 Å². The lowest BCUT2D eigenvalue weighted by Gasteiger charge is -2.35. The van der Waals surface area contributed by atoms with E-state index in [1.54, 1.807) is 32.8 Å². The molecule has 0 aliphatic carbocycles. The first-order valence-electron chi connectivity index (χ1n) is 22.3. The van der Waals surface area contributed by atoms with Crippen LogP contribution < -0.4 is 15.5 Å². The number of nitrogens with one attached hydrogen (secondary N) is 3. The number of amides is 3. The first-order chi connectivity index (χ1) is 32.4. The van der Waals surface area contributed by atoms with Gasteiger partial charge in [-0.2, -0.15) is 5.10 Å². The smallest absolute Gasteiger partial charge is 0.286 e. The Labute approximate surface area is 403 Å². The molecular weight excluding hydrogens is 930 g/mol. The average Bonchev–Trinajstić information content (AvgIpc) is 4.08. The Kier molecular flexibility index (Phi) is 20.6. The number of nitrogens with zero attached hydrogens (tertiary/aromatic N) is 6. The van der Waals surface area contributed by atoms with Crippen LogP contribution in [-0.4, -0.2) is 189 Å². The fourth-order valence-electron chi connectivity index (χ4n) is 7.60. The molecule has 6 rings (SSSR count). The van der Waals surface area contributed by atoms with Crippen molar-refractivity contribution in [2.24, 2.45) is 0 Å². The summed E-state index contributed by atoms with van der Waals surface area (Å²) in [5, 5.41) is 34.0. The maximum atomic E-state index is 12.8. The zero-order valence-corrected chi connectivity index (χ0v) is 40.3. The molecule has 0 bridgehead atoms. The van der Waals surface area contributed by atoms with Crippen molar-refractivity contribution < 1.29 is 48.3 Å². The number of aromatic nitrogens is 3. The molecule has 0 spiro atoms. The van der Waals surface area contributed by atoms with Crippen LogP contribution in [0.15, 0.2) is 42.6 Å². The van der Waals surface area contributed by atoms with Crippen molar-refractivity contribution in [1.82, 2.24) is 40.1 Å². The zero-order valence-electron chi connectivity index (χ0n) is 37.9. The number of aldehydes is 1. The van der Waals surface area contributed by atoms with Crippen molar-refractivity contribution in [1.29, 1.82) is 0 Å². The Hall–Kier alpha value is -4.29. The Bertz CT molecular complexity index is 2290. The van der Waals surface area contributed by atoms with Gasteiger partial charge in [-0.05, 0) is 50.9 Å². The van der Waals surface area contributed by atoms with Crippen LogP contribution in [0, 0.1) is 0 Å². The number of ether oxygens (including phenoxy) is 4. The van der Waals surface area contributed by atoms with E-state index in [1.165, 1.54) is 16.2 Å². The topological polar surface area (TPSA) is 216 Å². The molecule has 22 heteroatoms. The third kappa shape index (κ3) is 15.4. The van der Waals surface area contributed by atoms with Crippen LogP contribution in [0.1, 0.15) is 22.6 Å². The van der Waals surface area contributed by atoms with Gasteiger partial charge in [0.2, 0.25) is 18.1 Å². The third-order valence-electron chi connectivity index (χ3n) is 11.1. The number of hydrogen-bond acceptors (Lipinski definition) is 15. The third-order valence-corrected chi connectivity index (χ3v) is 13.0. The summed E-state index contributed by atoms with van der Waals surface area (Å²) in [6, 6.07) is 7.47. The quantitative estimate of drug-likeness (QED) is 0.0182. The van der Waals surface area contributed by atoms with Crippen molar-refractivity contribution >= 4 is 74.5 Å². The highest BCUT2D eigenvalue weighted by Crippen LogP contribution is 2.42. The maximum absolute atomic E-state index is 12.8. The van der Waals surface area contributed by atoms with Crippen LogP contribution in [0.4, 0.5) is 5.00 Å². The fraction of sp³-hybridized carbons (Fsp3) is 0.533. The number of anilines is 1. The summed E-state index contributed by atoms with van der Waals surface area (Å²) in [5.41, 5.74) is 3.77. The number of carbonyl (C=O) groups excluding carboxylic acids is 4. The van der Waals surface area contributed by atoms with Crippen molar-refractivity contribution in [2.75, 3.05) is 118 Å². The van der Waals surface area contributed by atoms with Crippen LogP contribution >= 0.6 is 34.5 Å². The van der Waals surface area contributed by atoms with E-state index in [-0.39, 0.29) is 44.5 Å². The zero-order chi connectivity index (χ0) is 47.7. The van der Waals surface area contributed by atoms with E-state index in [1.807, 2.05) is 43.3 Å². The van der Waals surface area contributed by atoms with Gasteiger partial charge in [-0.25, -0.2) is 0 Å². The number of thiophene rings is 1. The van der Waals surface area contributed by atoms with Gasteiger partial charge in [-0.1, -0.05) is 29.3 Å². The summed E-state index contributed by atoms with van der Waals surface area (Å²) >= 11 is 14.6. The summed E-state index contributed by atoms with van der Waals surface area (Å²) < 4.78 is 23.9. The minimum absolute atomic E-state index is 0.0512. The number of hydrogen-bond donors (Lipinski definition) is 5. The van der Waals surface area contributed by atoms with Crippen molar-refractivity contribution in [3.05, 3.63) is 68.8 Å². The second-order valence-electron chi connectivity index (χ2n) is 16.2. The fourth-order valence-corrected chi connectivity index (χ4v) is 9.05. The van der Waals surface area contributed by atoms with Gasteiger partial charge in [-0.3, -0.25) is 34.1 Å². The van der Waals surface area contributed by atoms with E-state index in [2.05, 4.69) is 20.7 Å². The van der Waals surface area contributed by atoms with Crippen molar-refractivity contribution in [3.63, 3.8) is 0 Å². The van der Waals surface area contributed by atoms with Gasteiger partial charge in [0.25, 0.3) is 5.91 Å². The molecule has 1 saturated heterocycles. The molecule has 366 valence electrons. The Morgan fingerprint density at radius 1 is 0.970 bits per heavy atom. The Balaban J connectivity index is 0.746. The van der Waals surface area contributed by atoms with Crippen LogP contribution in [0.25, 0.3) is 22.2 Å². The lowest BCUT2D eigenvalue weighted by Crippen LogP contribution is -2.53. The number of benzene rings is 1. The molecule has 0 radical (unpaired) electrons. The SMILES string of the molecule is CN(C)C/C=C/C(O)N1CCN(c2ccc(CCNC(=O)CCOCCOCCOCCOCCNC(O)Cn3ccc(-c4cc(Cl)c(Cl)c5[nH]c6c(c45)CN(C(=O)C=O)CC6)n3)s2)C(=O)C1. The van der Waals surface area contributed by atoms with Gasteiger partial charge < -0.3 is 54.2 Å². The number of rotatable bonds is 28. The van der Waals surface area contributed by atoms with Crippen LogP contribution in [0.2, 0.25) is 10.0 Å². The van der Waals surface area contributed by atoms with E-state index in [4.69, 9.17) is 42.1 Å². The number of aliphatic hydroxyl groups is 2. The second-order valence-corrected chi connectivity index (χ2v) is 18.2. The molecule has 5 heterocycles. The highest BCUT2D eigenvalue weighted by Gasteiger charge is 2.30. The lowest BCUT2D eigenvalue weighted by molar-refractivity contribution is -0.139.